The van der Waals surface area contributed by atoms with E-state index in [2.05, 4.69) is 0 Å². The minimum absolute atomic E-state index is 0.115. The minimum Gasteiger partial charge on any atom is -0.496 e. The Labute approximate surface area is 172 Å². The molecular formula is C23H17NO6. The van der Waals surface area contributed by atoms with Crippen LogP contribution < -0.4 is 9.47 Å². The predicted molar refractivity (Wildman–Crippen MR) is 111 cm³/mol. The van der Waals surface area contributed by atoms with Gasteiger partial charge in [0.25, 0.3) is 5.69 Å². The number of esters is 1. The first-order valence-electron chi connectivity index (χ1n) is 8.90. The predicted octanol–water partition coefficient (Wildman–Crippen LogP) is 4.72. The number of benzene rings is 3. The molecule has 0 bridgehead atoms. The van der Waals surface area contributed by atoms with Crippen molar-refractivity contribution in [1.29, 1.82) is 0 Å². The highest BCUT2D eigenvalue weighted by Gasteiger charge is 2.12. The topological polar surface area (TPSA) is 95.7 Å². The van der Waals surface area contributed by atoms with Gasteiger partial charge in [0.1, 0.15) is 11.5 Å². The Hall–Kier alpha value is -4.26. The zero-order valence-corrected chi connectivity index (χ0v) is 16.0. The number of ketones is 1. The fourth-order valence-electron chi connectivity index (χ4n) is 2.64. The van der Waals surface area contributed by atoms with Gasteiger partial charge in [0.05, 0.1) is 17.6 Å². The number of carbonyl (C=O) groups is 2. The third-order valence-electron chi connectivity index (χ3n) is 4.22. The average molecular weight is 403 g/mol. The van der Waals surface area contributed by atoms with Gasteiger partial charge in [0, 0.05) is 23.3 Å². The summed E-state index contributed by atoms with van der Waals surface area (Å²) in [4.78, 5) is 34.6. The van der Waals surface area contributed by atoms with Crippen LogP contribution in [0, 0.1) is 10.1 Å². The molecule has 0 spiro atoms. The van der Waals surface area contributed by atoms with Crippen LogP contribution in [0.1, 0.15) is 26.3 Å². The summed E-state index contributed by atoms with van der Waals surface area (Å²) in [5.41, 5.74) is 1.27. The van der Waals surface area contributed by atoms with Crippen LogP contribution in [-0.2, 0) is 0 Å². The molecule has 3 aromatic rings. The summed E-state index contributed by atoms with van der Waals surface area (Å²) in [7, 11) is 1.56. The fourth-order valence-corrected chi connectivity index (χ4v) is 2.64. The fraction of sp³-hybridized carbons (Fsp3) is 0.0435. The van der Waals surface area contributed by atoms with Gasteiger partial charge in [-0.15, -0.1) is 0 Å². The molecule has 0 radical (unpaired) electrons. The van der Waals surface area contributed by atoms with E-state index in [1.54, 1.807) is 31.4 Å². The van der Waals surface area contributed by atoms with E-state index < -0.39 is 10.9 Å². The number of carbonyl (C=O) groups excluding carboxylic acids is 2. The van der Waals surface area contributed by atoms with Gasteiger partial charge >= 0.3 is 5.97 Å². The SMILES string of the molecule is COc1ccccc1C=CC(=O)c1ccc(OC(=O)c2ccc([N+](=O)[O-])cc2)cc1. The van der Waals surface area contributed by atoms with Crippen LogP contribution in [0.25, 0.3) is 6.08 Å². The van der Waals surface area contributed by atoms with Gasteiger partial charge in [-0.05, 0) is 54.6 Å². The third kappa shape index (κ3) is 4.96. The number of allylic oxidation sites excluding steroid dienone is 1. The normalized spacial score (nSPS) is 10.6. The molecule has 0 aliphatic rings. The number of methoxy groups -OCH3 is 1. The standard InChI is InChI=1S/C23H17NO6/c1-29-22-5-3-2-4-17(22)10-15-21(25)16-8-13-20(14-9-16)30-23(26)18-6-11-19(12-7-18)24(27)28/h2-15H,1H3. The zero-order valence-electron chi connectivity index (χ0n) is 16.0. The van der Waals surface area contributed by atoms with Gasteiger partial charge in [0.15, 0.2) is 5.78 Å². The molecule has 3 rings (SSSR count). The average Bonchev–Trinajstić information content (AvgIpc) is 2.78. The molecule has 0 aliphatic carbocycles. The van der Waals surface area contributed by atoms with Crippen molar-refractivity contribution in [2.45, 2.75) is 0 Å². The number of hydrogen-bond acceptors (Lipinski definition) is 6. The third-order valence-corrected chi connectivity index (χ3v) is 4.22. The summed E-state index contributed by atoms with van der Waals surface area (Å²) in [6, 6.07) is 18.5. The van der Waals surface area contributed by atoms with Gasteiger partial charge in [-0.1, -0.05) is 18.2 Å². The Kier molecular flexibility index (Phi) is 6.34. The molecule has 30 heavy (non-hydrogen) atoms. The van der Waals surface area contributed by atoms with Crippen molar-refractivity contribution in [2.75, 3.05) is 7.11 Å². The van der Waals surface area contributed by atoms with Crippen LogP contribution in [0.15, 0.2) is 78.9 Å². The van der Waals surface area contributed by atoms with Crippen molar-refractivity contribution in [2.24, 2.45) is 0 Å². The van der Waals surface area contributed by atoms with E-state index in [1.807, 2.05) is 18.2 Å². The lowest BCUT2D eigenvalue weighted by molar-refractivity contribution is -0.384. The summed E-state index contributed by atoms with van der Waals surface area (Å²) in [6.45, 7) is 0. The molecule has 0 unspecified atom stereocenters. The lowest BCUT2D eigenvalue weighted by atomic mass is 10.1. The van der Waals surface area contributed by atoms with Crippen LogP contribution in [0.4, 0.5) is 5.69 Å². The number of para-hydroxylation sites is 1. The van der Waals surface area contributed by atoms with Crippen molar-refractivity contribution in [1.82, 2.24) is 0 Å². The van der Waals surface area contributed by atoms with E-state index in [9.17, 15) is 19.7 Å². The molecule has 0 saturated carbocycles. The summed E-state index contributed by atoms with van der Waals surface area (Å²) < 4.78 is 10.5. The Morgan fingerprint density at radius 1 is 0.900 bits per heavy atom. The maximum Gasteiger partial charge on any atom is 0.343 e. The quantitative estimate of drug-likeness (QED) is 0.141. The van der Waals surface area contributed by atoms with Crippen molar-refractivity contribution in [3.8, 4) is 11.5 Å². The molecule has 0 aliphatic heterocycles. The Morgan fingerprint density at radius 3 is 2.17 bits per heavy atom. The molecule has 7 heteroatoms. The first kappa shape index (κ1) is 20.5. The highest BCUT2D eigenvalue weighted by atomic mass is 16.6. The monoisotopic (exact) mass is 403 g/mol. The molecule has 0 N–H and O–H groups in total. The number of non-ortho nitro benzene ring substituents is 1. The molecule has 0 saturated heterocycles. The molecule has 150 valence electrons. The first-order valence-corrected chi connectivity index (χ1v) is 8.90. The van der Waals surface area contributed by atoms with Gasteiger partial charge in [-0.3, -0.25) is 14.9 Å². The van der Waals surface area contributed by atoms with E-state index in [1.165, 1.54) is 42.5 Å². The number of ether oxygens (including phenoxy) is 2. The molecule has 0 atom stereocenters. The van der Waals surface area contributed by atoms with E-state index in [0.717, 1.165) is 5.56 Å². The summed E-state index contributed by atoms with van der Waals surface area (Å²) in [6.07, 6.45) is 3.11. The van der Waals surface area contributed by atoms with Gasteiger partial charge in [-0.25, -0.2) is 4.79 Å². The van der Waals surface area contributed by atoms with Crippen LogP contribution >= 0.6 is 0 Å². The van der Waals surface area contributed by atoms with Crippen LogP contribution in [0.2, 0.25) is 0 Å². The summed E-state index contributed by atoms with van der Waals surface area (Å²) in [5, 5.41) is 10.7. The molecule has 0 heterocycles. The van der Waals surface area contributed by atoms with Crippen LogP contribution in [0.3, 0.4) is 0 Å². The van der Waals surface area contributed by atoms with E-state index in [-0.39, 0.29) is 22.8 Å². The van der Waals surface area contributed by atoms with E-state index in [4.69, 9.17) is 9.47 Å². The Balaban J connectivity index is 1.65. The van der Waals surface area contributed by atoms with Crippen LogP contribution in [-0.4, -0.2) is 23.8 Å². The largest absolute Gasteiger partial charge is 0.496 e. The summed E-state index contributed by atoms with van der Waals surface area (Å²) >= 11 is 0. The van der Waals surface area contributed by atoms with E-state index in [0.29, 0.717) is 11.3 Å². The second-order valence-electron chi connectivity index (χ2n) is 6.16. The van der Waals surface area contributed by atoms with Crippen molar-refractivity contribution in [3.63, 3.8) is 0 Å². The number of rotatable bonds is 7. The number of nitro groups is 1. The maximum absolute atomic E-state index is 12.4. The molecule has 0 amide bonds. The highest BCUT2D eigenvalue weighted by molar-refractivity contribution is 6.07. The molecule has 3 aromatic carbocycles. The molecular weight excluding hydrogens is 386 g/mol. The van der Waals surface area contributed by atoms with Gasteiger partial charge in [0.2, 0.25) is 0 Å². The first-order chi connectivity index (χ1) is 14.5. The Morgan fingerprint density at radius 2 is 1.53 bits per heavy atom. The van der Waals surface area contributed by atoms with Gasteiger partial charge < -0.3 is 9.47 Å². The van der Waals surface area contributed by atoms with Gasteiger partial charge in [-0.2, -0.15) is 0 Å². The minimum atomic E-state index is -0.653. The lowest BCUT2D eigenvalue weighted by Gasteiger charge is -2.05. The maximum atomic E-state index is 12.4. The van der Waals surface area contributed by atoms with Crippen molar-refractivity contribution in [3.05, 3.63) is 106 Å². The second kappa shape index (κ2) is 9.29. The molecule has 0 aromatic heterocycles. The second-order valence-corrected chi connectivity index (χ2v) is 6.16. The number of hydrogen-bond donors (Lipinski definition) is 0. The number of nitrogens with zero attached hydrogens (tertiary/aromatic N) is 1. The summed E-state index contributed by atoms with van der Waals surface area (Å²) in [5.74, 6) is 0.0489. The Bertz CT molecular complexity index is 1100. The lowest BCUT2D eigenvalue weighted by Crippen LogP contribution is -2.08. The molecule has 7 nitrogen and oxygen atoms in total. The smallest absolute Gasteiger partial charge is 0.343 e. The highest BCUT2D eigenvalue weighted by Crippen LogP contribution is 2.20. The number of nitro benzene ring substituents is 1. The zero-order chi connectivity index (χ0) is 21.5. The van der Waals surface area contributed by atoms with E-state index >= 15 is 0 Å². The van der Waals surface area contributed by atoms with Crippen LogP contribution in [0.5, 0.6) is 11.5 Å². The van der Waals surface area contributed by atoms with Crippen molar-refractivity contribution >= 4 is 23.5 Å². The van der Waals surface area contributed by atoms with Crippen molar-refractivity contribution < 1.29 is 24.0 Å². The molecule has 0 fully saturated rings.